The summed E-state index contributed by atoms with van der Waals surface area (Å²) < 4.78 is 30.6. The van der Waals surface area contributed by atoms with Crippen molar-refractivity contribution in [2.75, 3.05) is 39.5 Å². The second-order valence-corrected chi connectivity index (χ2v) is 8.50. The molecule has 22 heavy (non-hydrogen) atoms. The maximum absolute atomic E-state index is 10.5. The zero-order valence-electron chi connectivity index (χ0n) is 14.5. The summed E-state index contributed by atoms with van der Waals surface area (Å²) in [5, 5.41) is 8.96. The van der Waals surface area contributed by atoms with Crippen LogP contribution in [-0.2, 0) is 10.1 Å². The molecule has 0 rings (SSSR count). The van der Waals surface area contributed by atoms with Gasteiger partial charge in [0.05, 0.1) is 33.0 Å². The molecule has 0 aliphatic carbocycles. The van der Waals surface area contributed by atoms with Crippen LogP contribution in [0.15, 0.2) is 0 Å². The zero-order valence-corrected chi connectivity index (χ0v) is 15.3. The highest BCUT2D eigenvalue weighted by Gasteiger charge is 2.12. The third-order valence-corrected chi connectivity index (χ3v) is 4.93. The monoisotopic (exact) mass is 338 g/mol. The number of rotatable bonds is 15. The number of nitrogens with zero attached hydrogens (tertiary/aromatic N) is 1. The quantitative estimate of drug-likeness (QED) is 0.273. The standard InChI is InChI=1S/C16H35NO4S/c1-17(2,14-15-18)13-11-9-7-5-3-4-6-8-10-12-16-22(19,20)21/h18H,3-16H2,1-2H3/p+1. The lowest BCUT2D eigenvalue weighted by molar-refractivity contribution is -0.890. The molecule has 6 heteroatoms. The van der Waals surface area contributed by atoms with Crippen LogP contribution in [0, 0.1) is 0 Å². The second kappa shape index (κ2) is 12.3. The third kappa shape index (κ3) is 16.2. The first-order chi connectivity index (χ1) is 10.3. The van der Waals surface area contributed by atoms with Gasteiger partial charge in [0, 0.05) is 0 Å². The van der Waals surface area contributed by atoms with Crippen LogP contribution in [0.3, 0.4) is 0 Å². The van der Waals surface area contributed by atoms with Crippen LogP contribution in [0.1, 0.15) is 64.2 Å². The van der Waals surface area contributed by atoms with E-state index < -0.39 is 10.1 Å². The molecule has 134 valence electrons. The Morgan fingerprint density at radius 1 is 0.727 bits per heavy atom. The maximum Gasteiger partial charge on any atom is 0.264 e. The van der Waals surface area contributed by atoms with Crippen LogP contribution in [0.25, 0.3) is 0 Å². The summed E-state index contributed by atoms with van der Waals surface area (Å²) >= 11 is 0. The van der Waals surface area contributed by atoms with Crippen LogP contribution in [0.5, 0.6) is 0 Å². The summed E-state index contributed by atoms with van der Waals surface area (Å²) in [4.78, 5) is 0. The number of quaternary nitrogens is 1. The van der Waals surface area contributed by atoms with E-state index in [1.165, 1.54) is 38.5 Å². The lowest BCUT2D eigenvalue weighted by atomic mass is 10.1. The summed E-state index contributed by atoms with van der Waals surface area (Å²) in [5.41, 5.74) is 0. The van der Waals surface area contributed by atoms with Crippen molar-refractivity contribution in [1.29, 1.82) is 0 Å². The molecule has 2 N–H and O–H groups in total. The van der Waals surface area contributed by atoms with Crippen molar-refractivity contribution in [3.05, 3.63) is 0 Å². The van der Waals surface area contributed by atoms with Crippen LogP contribution < -0.4 is 0 Å². The molecule has 0 saturated carbocycles. The van der Waals surface area contributed by atoms with E-state index in [-0.39, 0.29) is 12.4 Å². The molecule has 0 atom stereocenters. The fourth-order valence-electron chi connectivity index (χ4n) is 2.62. The minimum absolute atomic E-state index is 0.0991. The van der Waals surface area contributed by atoms with Crippen molar-refractivity contribution in [3.8, 4) is 0 Å². The van der Waals surface area contributed by atoms with Gasteiger partial charge in [-0.1, -0.05) is 44.9 Å². The molecule has 0 bridgehead atoms. The first-order valence-electron chi connectivity index (χ1n) is 8.65. The number of unbranched alkanes of at least 4 members (excludes halogenated alkanes) is 9. The Labute approximate surface area is 137 Å². The maximum atomic E-state index is 10.5. The topological polar surface area (TPSA) is 74.6 Å². The van der Waals surface area contributed by atoms with E-state index in [0.29, 0.717) is 6.42 Å². The van der Waals surface area contributed by atoms with E-state index in [0.717, 1.165) is 36.8 Å². The summed E-state index contributed by atoms with van der Waals surface area (Å²) in [6, 6.07) is 0. The molecule has 0 spiro atoms. The number of hydrogen-bond acceptors (Lipinski definition) is 3. The van der Waals surface area contributed by atoms with Gasteiger partial charge in [0.1, 0.15) is 6.54 Å². The molecule has 0 radical (unpaired) electrons. The van der Waals surface area contributed by atoms with Crippen LogP contribution in [-0.4, -0.2) is 62.1 Å². The molecule has 0 amide bonds. The van der Waals surface area contributed by atoms with Crippen molar-refractivity contribution in [1.82, 2.24) is 0 Å². The summed E-state index contributed by atoms with van der Waals surface area (Å²) in [6.45, 7) is 2.23. The SMILES string of the molecule is C[N+](C)(CCO)CCCCCCCCCCCCS(=O)(=O)O. The molecule has 0 aliphatic rings. The van der Waals surface area contributed by atoms with Gasteiger partial charge in [0.15, 0.2) is 0 Å². The second-order valence-electron chi connectivity index (χ2n) is 6.93. The highest BCUT2D eigenvalue weighted by Crippen LogP contribution is 2.12. The Bertz CT molecular complexity index is 355. The van der Waals surface area contributed by atoms with Gasteiger partial charge >= 0.3 is 0 Å². The molecule has 0 aromatic carbocycles. The van der Waals surface area contributed by atoms with Crippen LogP contribution in [0.4, 0.5) is 0 Å². The number of hydrogen-bond donors (Lipinski definition) is 2. The minimum atomic E-state index is -3.76. The van der Waals surface area contributed by atoms with E-state index in [9.17, 15) is 8.42 Å². The molecule has 0 heterocycles. The van der Waals surface area contributed by atoms with E-state index in [4.69, 9.17) is 9.66 Å². The lowest BCUT2D eigenvalue weighted by Gasteiger charge is -2.28. The fraction of sp³-hybridized carbons (Fsp3) is 1.00. The van der Waals surface area contributed by atoms with Gasteiger partial charge in [-0.2, -0.15) is 8.42 Å². The summed E-state index contributed by atoms with van der Waals surface area (Å²) in [7, 11) is 0.566. The molecule has 0 aliphatic heterocycles. The van der Waals surface area contributed by atoms with Crippen molar-refractivity contribution in [2.45, 2.75) is 64.2 Å². The summed E-state index contributed by atoms with van der Waals surface area (Å²) in [5.74, 6) is -0.0991. The molecular formula is C16H36NO4S+. The van der Waals surface area contributed by atoms with Gasteiger partial charge in [-0.3, -0.25) is 4.55 Å². The van der Waals surface area contributed by atoms with E-state index >= 15 is 0 Å². The highest BCUT2D eigenvalue weighted by molar-refractivity contribution is 7.85. The predicted molar refractivity (Wildman–Crippen MR) is 91.5 cm³/mol. The van der Waals surface area contributed by atoms with Crippen molar-refractivity contribution >= 4 is 10.1 Å². The molecule has 0 saturated heterocycles. The number of aliphatic hydroxyl groups excluding tert-OH is 1. The van der Waals surface area contributed by atoms with E-state index in [1.54, 1.807) is 0 Å². The van der Waals surface area contributed by atoms with E-state index in [2.05, 4.69) is 14.1 Å². The number of aliphatic hydroxyl groups is 1. The molecule has 0 fully saturated rings. The Hall–Kier alpha value is -0.170. The summed E-state index contributed by atoms with van der Waals surface area (Å²) in [6.07, 6.45) is 11.2. The first-order valence-corrected chi connectivity index (χ1v) is 10.3. The molecule has 0 aromatic rings. The van der Waals surface area contributed by atoms with Gasteiger partial charge in [-0.05, 0) is 19.3 Å². The van der Waals surface area contributed by atoms with Gasteiger partial charge in [-0.25, -0.2) is 0 Å². The smallest absolute Gasteiger partial charge is 0.264 e. The zero-order chi connectivity index (χ0) is 16.9. The van der Waals surface area contributed by atoms with Gasteiger partial charge in [0.2, 0.25) is 0 Å². The molecule has 5 nitrogen and oxygen atoms in total. The number of likely N-dealkylation sites (N-methyl/N-ethyl adjacent to an activating group) is 1. The third-order valence-electron chi connectivity index (χ3n) is 4.12. The Morgan fingerprint density at radius 3 is 1.55 bits per heavy atom. The minimum Gasteiger partial charge on any atom is -0.391 e. The van der Waals surface area contributed by atoms with E-state index in [1.807, 2.05) is 0 Å². The average molecular weight is 339 g/mol. The van der Waals surface area contributed by atoms with Crippen LogP contribution >= 0.6 is 0 Å². The van der Waals surface area contributed by atoms with Crippen molar-refractivity contribution < 1.29 is 22.6 Å². The van der Waals surface area contributed by atoms with Gasteiger partial charge in [-0.15, -0.1) is 0 Å². The normalized spacial score (nSPS) is 12.7. The molecule has 0 unspecified atom stereocenters. The average Bonchev–Trinajstić information content (AvgIpc) is 2.38. The Kier molecular flexibility index (Phi) is 12.2. The van der Waals surface area contributed by atoms with Crippen molar-refractivity contribution in [3.63, 3.8) is 0 Å². The highest BCUT2D eigenvalue weighted by atomic mass is 32.2. The molecular weight excluding hydrogens is 302 g/mol. The van der Waals surface area contributed by atoms with Crippen molar-refractivity contribution in [2.24, 2.45) is 0 Å². The van der Waals surface area contributed by atoms with Crippen LogP contribution in [0.2, 0.25) is 0 Å². The fourth-order valence-corrected chi connectivity index (χ4v) is 3.19. The lowest BCUT2D eigenvalue weighted by Crippen LogP contribution is -2.42. The Morgan fingerprint density at radius 2 is 1.14 bits per heavy atom. The molecule has 0 aromatic heterocycles. The van der Waals surface area contributed by atoms with Gasteiger partial charge < -0.3 is 9.59 Å². The first kappa shape index (κ1) is 21.8. The predicted octanol–water partition coefficient (Wildman–Crippen LogP) is 2.84. The van der Waals surface area contributed by atoms with Gasteiger partial charge in [0.25, 0.3) is 10.1 Å². The largest absolute Gasteiger partial charge is 0.391 e. The Balaban J connectivity index is 3.24.